The molecule has 0 saturated carbocycles. The van der Waals surface area contributed by atoms with Crippen molar-refractivity contribution in [2.45, 2.75) is 26.8 Å². The molecule has 1 aromatic carbocycles. The molecule has 0 spiro atoms. The van der Waals surface area contributed by atoms with Crippen molar-refractivity contribution in [3.63, 3.8) is 0 Å². The van der Waals surface area contributed by atoms with Crippen LogP contribution in [-0.2, 0) is 0 Å². The maximum Gasteiger partial charge on any atom is 0.143 e. The Morgan fingerprint density at radius 3 is 2.79 bits per heavy atom. The molecular weight excluding hydrogens is 260 g/mol. The average molecular weight is 283 g/mol. The van der Waals surface area contributed by atoms with Crippen LogP contribution >= 0.6 is 11.6 Å². The second-order valence-electron chi connectivity index (χ2n) is 5.52. The molecule has 1 aromatic rings. The first-order valence-electron chi connectivity index (χ1n) is 6.85. The van der Waals surface area contributed by atoms with Crippen molar-refractivity contribution in [2.24, 2.45) is 5.92 Å². The number of rotatable bonds is 3. The predicted octanol–water partition coefficient (Wildman–Crippen LogP) is 3.09. The molecule has 1 saturated heterocycles. The summed E-state index contributed by atoms with van der Waals surface area (Å²) in [5.74, 6) is 1.49. The second-order valence-corrected chi connectivity index (χ2v) is 5.93. The number of hydrogen-bond acceptors (Lipinski definition) is 3. The van der Waals surface area contributed by atoms with Gasteiger partial charge in [0.2, 0.25) is 0 Å². The Morgan fingerprint density at radius 1 is 1.42 bits per heavy atom. The highest BCUT2D eigenvalue weighted by atomic mass is 35.5. The molecule has 1 fully saturated rings. The number of anilines is 1. The van der Waals surface area contributed by atoms with E-state index in [1.807, 2.05) is 13.0 Å². The first kappa shape index (κ1) is 14.5. The molecule has 2 rings (SSSR count). The van der Waals surface area contributed by atoms with Crippen LogP contribution in [0.4, 0.5) is 5.69 Å². The van der Waals surface area contributed by atoms with Gasteiger partial charge in [0.15, 0.2) is 0 Å². The molecule has 4 heteroatoms. The molecule has 1 aliphatic rings. The summed E-state index contributed by atoms with van der Waals surface area (Å²) in [6, 6.07) is 4.57. The Bertz CT molecular complexity index is 448. The zero-order chi connectivity index (χ0) is 14.0. The van der Waals surface area contributed by atoms with E-state index in [1.165, 1.54) is 0 Å². The van der Waals surface area contributed by atoms with E-state index in [9.17, 15) is 0 Å². The normalized spacial score (nSPS) is 19.9. The Kier molecular flexibility index (Phi) is 4.58. The van der Waals surface area contributed by atoms with Gasteiger partial charge in [-0.15, -0.1) is 0 Å². The molecule has 0 bridgehead atoms. The molecule has 0 aromatic heterocycles. The van der Waals surface area contributed by atoms with Crippen LogP contribution in [0.15, 0.2) is 12.1 Å². The topological polar surface area (TPSA) is 24.5 Å². The molecule has 0 amide bonds. The summed E-state index contributed by atoms with van der Waals surface area (Å²) in [6.07, 6.45) is 0. The summed E-state index contributed by atoms with van der Waals surface area (Å²) in [5, 5.41) is 4.33. The Hall–Kier alpha value is -0.930. The number of halogens is 1. The SMILES string of the molecule is COc1cc(Cl)c(C)cc1N1CCNC(C(C)C)C1. The summed E-state index contributed by atoms with van der Waals surface area (Å²) in [4.78, 5) is 2.39. The summed E-state index contributed by atoms with van der Waals surface area (Å²) in [7, 11) is 1.70. The fourth-order valence-corrected chi connectivity index (χ4v) is 2.66. The van der Waals surface area contributed by atoms with Crippen molar-refractivity contribution in [1.82, 2.24) is 5.32 Å². The number of aryl methyl sites for hydroxylation is 1. The quantitative estimate of drug-likeness (QED) is 0.922. The molecule has 1 atom stereocenters. The smallest absolute Gasteiger partial charge is 0.143 e. The van der Waals surface area contributed by atoms with Crippen LogP contribution in [0.25, 0.3) is 0 Å². The highest BCUT2D eigenvalue weighted by Crippen LogP contribution is 2.34. The van der Waals surface area contributed by atoms with E-state index in [-0.39, 0.29) is 0 Å². The first-order chi connectivity index (χ1) is 9.02. The lowest BCUT2D eigenvalue weighted by molar-refractivity contribution is 0.363. The van der Waals surface area contributed by atoms with Gasteiger partial charge in [0.1, 0.15) is 5.75 Å². The molecule has 1 heterocycles. The highest BCUT2D eigenvalue weighted by Gasteiger charge is 2.24. The minimum Gasteiger partial charge on any atom is -0.495 e. The van der Waals surface area contributed by atoms with Crippen molar-refractivity contribution in [1.29, 1.82) is 0 Å². The molecule has 1 N–H and O–H groups in total. The summed E-state index contributed by atoms with van der Waals surface area (Å²) >= 11 is 6.17. The molecule has 0 aliphatic carbocycles. The molecule has 1 unspecified atom stereocenters. The Labute approximate surface area is 120 Å². The lowest BCUT2D eigenvalue weighted by atomic mass is 10.0. The third-order valence-corrected chi connectivity index (χ3v) is 4.22. The van der Waals surface area contributed by atoms with E-state index in [1.54, 1.807) is 7.11 Å². The average Bonchev–Trinajstić information content (AvgIpc) is 2.41. The highest BCUT2D eigenvalue weighted by molar-refractivity contribution is 6.31. The predicted molar refractivity (Wildman–Crippen MR) is 81.6 cm³/mol. The van der Waals surface area contributed by atoms with Crippen LogP contribution in [-0.4, -0.2) is 32.8 Å². The number of ether oxygens (including phenoxy) is 1. The van der Waals surface area contributed by atoms with Crippen LogP contribution < -0.4 is 15.0 Å². The number of methoxy groups -OCH3 is 1. The van der Waals surface area contributed by atoms with Crippen LogP contribution in [0.2, 0.25) is 5.02 Å². The minimum absolute atomic E-state index is 0.523. The van der Waals surface area contributed by atoms with Crippen molar-refractivity contribution >= 4 is 17.3 Å². The third-order valence-electron chi connectivity index (χ3n) is 3.81. The van der Waals surface area contributed by atoms with Gasteiger partial charge in [-0.25, -0.2) is 0 Å². The summed E-state index contributed by atoms with van der Waals surface area (Å²) < 4.78 is 5.48. The number of piperazine rings is 1. The van der Waals surface area contributed by atoms with E-state index in [0.29, 0.717) is 12.0 Å². The van der Waals surface area contributed by atoms with Gasteiger partial charge in [0, 0.05) is 36.8 Å². The van der Waals surface area contributed by atoms with Crippen molar-refractivity contribution in [3.05, 3.63) is 22.7 Å². The fraction of sp³-hybridized carbons (Fsp3) is 0.600. The zero-order valence-electron chi connectivity index (χ0n) is 12.2. The van der Waals surface area contributed by atoms with Gasteiger partial charge in [-0.3, -0.25) is 0 Å². The van der Waals surface area contributed by atoms with Gasteiger partial charge in [-0.1, -0.05) is 25.4 Å². The van der Waals surface area contributed by atoms with Gasteiger partial charge in [0.05, 0.1) is 12.8 Å². The van der Waals surface area contributed by atoms with Gasteiger partial charge >= 0.3 is 0 Å². The lowest BCUT2D eigenvalue weighted by Gasteiger charge is -2.37. The van der Waals surface area contributed by atoms with Crippen LogP contribution in [0.5, 0.6) is 5.75 Å². The van der Waals surface area contributed by atoms with Gasteiger partial charge in [-0.2, -0.15) is 0 Å². The zero-order valence-corrected chi connectivity index (χ0v) is 12.9. The number of nitrogens with zero attached hydrogens (tertiary/aromatic N) is 1. The van der Waals surface area contributed by atoms with E-state index in [2.05, 4.69) is 30.1 Å². The largest absolute Gasteiger partial charge is 0.495 e. The van der Waals surface area contributed by atoms with Crippen molar-refractivity contribution in [3.8, 4) is 5.75 Å². The summed E-state index contributed by atoms with van der Waals surface area (Å²) in [6.45, 7) is 9.56. The molecule has 106 valence electrons. The van der Waals surface area contributed by atoms with E-state index < -0.39 is 0 Å². The number of benzene rings is 1. The first-order valence-corrected chi connectivity index (χ1v) is 7.23. The number of hydrogen-bond donors (Lipinski definition) is 1. The minimum atomic E-state index is 0.523. The third kappa shape index (κ3) is 3.15. The molecule has 19 heavy (non-hydrogen) atoms. The maximum atomic E-state index is 6.17. The Balaban J connectivity index is 2.27. The van der Waals surface area contributed by atoms with E-state index in [4.69, 9.17) is 16.3 Å². The summed E-state index contributed by atoms with van der Waals surface area (Å²) in [5.41, 5.74) is 2.24. The Morgan fingerprint density at radius 2 is 2.16 bits per heavy atom. The van der Waals surface area contributed by atoms with Crippen molar-refractivity contribution < 1.29 is 4.74 Å². The molecule has 0 radical (unpaired) electrons. The van der Waals surface area contributed by atoms with Crippen LogP contribution in [0.3, 0.4) is 0 Å². The monoisotopic (exact) mass is 282 g/mol. The van der Waals surface area contributed by atoms with Gasteiger partial charge in [-0.05, 0) is 24.5 Å². The second kappa shape index (κ2) is 6.02. The van der Waals surface area contributed by atoms with E-state index >= 15 is 0 Å². The van der Waals surface area contributed by atoms with Crippen LogP contribution in [0, 0.1) is 12.8 Å². The molecule has 1 aliphatic heterocycles. The van der Waals surface area contributed by atoms with Crippen LogP contribution in [0.1, 0.15) is 19.4 Å². The van der Waals surface area contributed by atoms with Gasteiger partial charge in [0.25, 0.3) is 0 Å². The molecular formula is C15H23ClN2O. The standard InChI is InChI=1S/C15H23ClN2O/c1-10(2)13-9-18(6-5-17-13)14-7-11(3)12(16)8-15(14)19-4/h7-8,10,13,17H,5-6,9H2,1-4H3. The van der Waals surface area contributed by atoms with Crippen molar-refractivity contribution in [2.75, 3.05) is 31.6 Å². The number of nitrogens with one attached hydrogen (secondary N) is 1. The fourth-order valence-electron chi connectivity index (χ4n) is 2.50. The molecule has 3 nitrogen and oxygen atoms in total. The van der Waals surface area contributed by atoms with Gasteiger partial charge < -0.3 is 15.0 Å². The van der Waals surface area contributed by atoms with E-state index in [0.717, 1.165) is 41.7 Å². The maximum absolute atomic E-state index is 6.17. The lowest BCUT2D eigenvalue weighted by Crippen LogP contribution is -2.53.